The Kier molecular flexibility index (Phi) is 7.28. The van der Waals surface area contributed by atoms with Crippen LogP contribution in [0.4, 0.5) is 5.13 Å². The number of fused-ring (bicyclic) bond motifs is 2. The average Bonchev–Trinajstić information content (AvgIpc) is 3.30. The van der Waals surface area contributed by atoms with Crippen LogP contribution in [0.25, 0.3) is 10.2 Å². The third-order valence-corrected chi connectivity index (χ3v) is 9.45. The Morgan fingerprint density at radius 1 is 1.11 bits per heavy atom. The lowest BCUT2D eigenvalue weighted by molar-refractivity contribution is -0.117. The molecule has 0 aliphatic carbocycles. The van der Waals surface area contributed by atoms with Crippen LogP contribution in [0.5, 0.6) is 5.75 Å². The van der Waals surface area contributed by atoms with Crippen molar-refractivity contribution in [2.75, 3.05) is 18.5 Å². The molecule has 1 N–H and O–H groups in total. The van der Waals surface area contributed by atoms with Gasteiger partial charge < -0.3 is 10.1 Å². The SMILES string of the molecule is CCOc1ccc(S(=O)(=O)N2CCc3ccccc3[C@@H]2CC(=O)Nc2nc3ccc(CC)cc3s2)cc1. The van der Waals surface area contributed by atoms with Gasteiger partial charge in [-0.2, -0.15) is 4.31 Å². The minimum absolute atomic E-state index is 0.0105. The van der Waals surface area contributed by atoms with E-state index in [1.54, 1.807) is 24.3 Å². The Bertz CT molecular complexity index is 1530. The van der Waals surface area contributed by atoms with E-state index in [1.807, 2.05) is 43.3 Å². The molecule has 5 rings (SSSR count). The maximum atomic E-state index is 13.7. The number of ether oxygens (including phenoxy) is 1. The Morgan fingerprint density at radius 3 is 2.65 bits per heavy atom. The van der Waals surface area contributed by atoms with Crippen LogP contribution < -0.4 is 10.1 Å². The number of benzene rings is 3. The van der Waals surface area contributed by atoms with Gasteiger partial charge in [0.25, 0.3) is 0 Å². The molecule has 1 aromatic heterocycles. The molecule has 0 radical (unpaired) electrons. The minimum Gasteiger partial charge on any atom is -0.494 e. The maximum absolute atomic E-state index is 13.7. The molecule has 37 heavy (non-hydrogen) atoms. The van der Waals surface area contributed by atoms with Gasteiger partial charge in [0, 0.05) is 13.0 Å². The highest BCUT2D eigenvalue weighted by Gasteiger charge is 2.37. The van der Waals surface area contributed by atoms with Crippen LogP contribution in [0.15, 0.2) is 71.6 Å². The van der Waals surface area contributed by atoms with Gasteiger partial charge in [-0.05, 0) is 72.9 Å². The van der Waals surface area contributed by atoms with Gasteiger partial charge in [-0.25, -0.2) is 13.4 Å². The quantitative estimate of drug-likeness (QED) is 0.318. The first-order chi connectivity index (χ1) is 17.9. The molecular weight excluding hydrogens is 506 g/mol. The molecule has 1 atom stereocenters. The highest BCUT2D eigenvalue weighted by molar-refractivity contribution is 7.89. The molecule has 0 saturated heterocycles. The predicted molar refractivity (Wildman–Crippen MR) is 147 cm³/mol. The van der Waals surface area contributed by atoms with Crippen molar-refractivity contribution in [2.24, 2.45) is 0 Å². The smallest absolute Gasteiger partial charge is 0.243 e. The summed E-state index contributed by atoms with van der Waals surface area (Å²) in [5, 5.41) is 3.42. The molecule has 2 heterocycles. The van der Waals surface area contributed by atoms with Gasteiger partial charge in [-0.3, -0.25) is 4.79 Å². The van der Waals surface area contributed by atoms with Crippen LogP contribution in [-0.4, -0.2) is 36.8 Å². The third kappa shape index (κ3) is 5.25. The Hall–Kier alpha value is -3.27. The number of amides is 1. The van der Waals surface area contributed by atoms with Crippen LogP contribution in [0, 0.1) is 0 Å². The fourth-order valence-corrected chi connectivity index (χ4v) is 7.28. The van der Waals surface area contributed by atoms with Crippen LogP contribution in [0.3, 0.4) is 0 Å². The summed E-state index contributed by atoms with van der Waals surface area (Å²) in [6.07, 6.45) is 1.50. The Morgan fingerprint density at radius 2 is 1.89 bits per heavy atom. The number of aryl methyl sites for hydroxylation is 1. The summed E-state index contributed by atoms with van der Waals surface area (Å²) in [5.41, 5.74) is 3.96. The van der Waals surface area contributed by atoms with Gasteiger partial charge in [-0.1, -0.05) is 48.6 Å². The van der Waals surface area contributed by atoms with E-state index in [1.165, 1.54) is 21.2 Å². The molecular formula is C28H29N3O4S2. The first-order valence-electron chi connectivity index (χ1n) is 12.4. The van der Waals surface area contributed by atoms with Gasteiger partial charge >= 0.3 is 0 Å². The Balaban J connectivity index is 1.42. The molecule has 4 aromatic rings. The van der Waals surface area contributed by atoms with E-state index in [4.69, 9.17) is 4.74 Å². The van der Waals surface area contributed by atoms with Crippen LogP contribution >= 0.6 is 11.3 Å². The summed E-state index contributed by atoms with van der Waals surface area (Å²) in [5.74, 6) is 0.339. The largest absolute Gasteiger partial charge is 0.494 e. The van der Waals surface area contributed by atoms with E-state index >= 15 is 0 Å². The number of sulfonamides is 1. The summed E-state index contributed by atoms with van der Waals surface area (Å²) in [4.78, 5) is 18.0. The van der Waals surface area contributed by atoms with Crippen molar-refractivity contribution in [3.8, 4) is 5.75 Å². The lowest BCUT2D eigenvalue weighted by atomic mass is 9.92. The summed E-state index contributed by atoms with van der Waals surface area (Å²) in [6, 6.07) is 19.6. The highest BCUT2D eigenvalue weighted by Crippen LogP contribution is 2.37. The molecule has 1 aliphatic rings. The number of nitrogens with one attached hydrogen (secondary N) is 1. The zero-order chi connectivity index (χ0) is 26.0. The molecule has 0 bridgehead atoms. The summed E-state index contributed by atoms with van der Waals surface area (Å²) < 4.78 is 35.4. The number of rotatable bonds is 8. The number of aromatic nitrogens is 1. The molecule has 0 saturated carbocycles. The molecule has 1 amide bonds. The normalized spacial score (nSPS) is 15.9. The zero-order valence-electron chi connectivity index (χ0n) is 20.8. The summed E-state index contributed by atoms with van der Waals surface area (Å²) >= 11 is 1.42. The Labute approximate surface area is 221 Å². The molecule has 192 valence electrons. The minimum atomic E-state index is -3.85. The summed E-state index contributed by atoms with van der Waals surface area (Å²) in [7, 11) is -3.85. The topological polar surface area (TPSA) is 88.6 Å². The number of anilines is 1. The van der Waals surface area contributed by atoms with Gasteiger partial charge in [-0.15, -0.1) is 0 Å². The van der Waals surface area contributed by atoms with Crippen LogP contribution in [-0.2, 0) is 27.7 Å². The predicted octanol–water partition coefficient (Wildman–Crippen LogP) is 5.57. The molecule has 1 aliphatic heterocycles. The lowest BCUT2D eigenvalue weighted by Crippen LogP contribution is -2.41. The standard InChI is InChI=1S/C28H29N3O4S2/c1-3-19-9-14-24-26(17-19)36-28(29-24)30-27(32)18-25-23-8-6-5-7-20(23)15-16-31(25)37(33,34)22-12-10-21(11-13-22)35-4-2/h5-14,17,25H,3-4,15-16,18H2,1-2H3,(H,29,30,32)/t25-/m0/s1. The van der Waals surface area contributed by atoms with E-state index < -0.39 is 16.1 Å². The highest BCUT2D eigenvalue weighted by atomic mass is 32.2. The molecule has 3 aromatic carbocycles. The van der Waals surface area contributed by atoms with Crippen LogP contribution in [0.2, 0.25) is 0 Å². The third-order valence-electron chi connectivity index (χ3n) is 6.59. The first kappa shape index (κ1) is 25.4. The molecule has 0 fully saturated rings. The van der Waals surface area contributed by atoms with Crippen molar-refractivity contribution in [1.29, 1.82) is 0 Å². The molecule has 0 spiro atoms. The van der Waals surface area contributed by atoms with E-state index in [-0.39, 0.29) is 17.2 Å². The molecule has 0 unspecified atom stereocenters. The average molecular weight is 536 g/mol. The zero-order valence-corrected chi connectivity index (χ0v) is 22.4. The number of nitrogens with zero attached hydrogens (tertiary/aromatic N) is 2. The molecule has 9 heteroatoms. The number of thiazole rings is 1. The van der Waals surface area contributed by atoms with Crippen molar-refractivity contribution >= 4 is 42.6 Å². The van der Waals surface area contributed by atoms with Gasteiger partial charge in [0.1, 0.15) is 5.75 Å². The van der Waals surface area contributed by atoms with E-state index in [0.717, 1.165) is 27.8 Å². The fraction of sp³-hybridized carbons (Fsp3) is 0.286. The van der Waals surface area contributed by atoms with Crippen molar-refractivity contribution in [1.82, 2.24) is 9.29 Å². The second kappa shape index (κ2) is 10.6. The monoisotopic (exact) mass is 535 g/mol. The number of hydrogen-bond acceptors (Lipinski definition) is 6. The second-order valence-electron chi connectivity index (χ2n) is 8.91. The fourth-order valence-electron chi connectivity index (χ4n) is 4.73. The maximum Gasteiger partial charge on any atom is 0.243 e. The van der Waals surface area contributed by atoms with Crippen molar-refractivity contribution in [3.05, 3.63) is 83.4 Å². The van der Waals surface area contributed by atoms with E-state index in [2.05, 4.69) is 23.3 Å². The van der Waals surface area contributed by atoms with Gasteiger partial charge in [0.2, 0.25) is 15.9 Å². The van der Waals surface area contributed by atoms with Crippen LogP contribution in [0.1, 0.15) is 43.0 Å². The lowest BCUT2D eigenvalue weighted by Gasteiger charge is -2.36. The van der Waals surface area contributed by atoms with Gasteiger partial charge in [0.05, 0.1) is 27.8 Å². The van der Waals surface area contributed by atoms with Crippen molar-refractivity contribution in [2.45, 2.75) is 44.0 Å². The molecule has 7 nitrogen and oxygen atoms in total. The van der Waals surface area contributed by atoms with Crippen molar-refractivity contribution in [3.63, 3.8) is 0 Å². The second-order valence-corrected chi connectivity index (χ2v) is 11.8. The van der Waals surface area contributed by atoms with E-state index in [0.29, 0.717) is 30.5 Å². The first-order valence-corrected chi connectivity index (χ1v) is 14.7. The van der Waals surface area contributed by atoms with Gasteiger partial charge in [0.15, 0.2) is 5.13 Å². The number of hydrogen-bond donors (Lipinski definition) is 1. The number of carbonyl (C=O) groups is 1. The van der Waals surface area contributed by atoms with Crippen molar-refractivity contribution < 1.29 is 17.9 Å². The summed E-state index contributed by atoms with van der Waals surface area (Å²) in [6.45, 7) is 4.77. The van der Waals surface area contributed by atoms with E-state index in [9.17, 15) is 13.2 Å². The number of carbonyl (C=O) groups excluding carboxylic acids is 1.